The number of hydrogen-bond donors (Lipinski definition) is 0. The van der Waals surface area contributed by atoms with E-state index in [9.17, 15) is 0 Å². The van der Waals surface area contributed by atoms with E-state index in [4.69, 9.17) is 19.4 Å². The average molecular weight is 644 g/mol. The Bertz CT molecular complexity index is 2730. The molecule has 0 amide bonds. The van der Waals surface area contributed by atoms with Crippen molar-refractivity contribution in [3.8, 4) is 34.2 Å². The summed E-state index contributed by atoms with van der Waals surface area (Å²) in [4.78, 5) is 15.1. The molecule has 2 heterocycles. The van der Waals surface area contributed by atoms with Gasteiger partial charge >= 0.3 is 0 Å². The van der Waals surface area contributed by atoms with Gasteiger partial charge in [-0.25, -0.2) is 15.0 Å². The fourth-order valence-corrected chi connectivity index (χ4v) is 7.21. The molecule has 1 aliphatic rings. The summed E-state index contributed by atoms with van der Waals surface area (Å²) < 4.78 is 6.41. The summed E-state index contributed by atoms with van der Waals surface area (Å²) in [7, 11) is 0. The lowest BCUT2D eigenvalue weighted by Gasteiger charge is -2.14. The zero-order valence-electron chi connectivity index (χ0n) is 27.7. The van der Waals surface area contributed by atoms with Gasteiger partial charge in [0.2, 0.25) is 0 Å². The van der Waals surface area contributed by atoms with Crippen LogP contribution in [-0.2, 0) is 0 Å². The Kier molecular flexibility index (Phi) is 7.10. The zero-order chi connectivity index (χ0) is 33.8. The van der Waals surface area contributed by atoms with E-state index in [1.807, 2.05) is 48.6 Å². The molecule has 9 rings (SSSR count). The second-order valence-electron chi connectivity index (χ2n) is 13.0. The molecule has 2 aromatic heterocycles. The summed E-state index contributed by atoms with van der Waals surface area (Å²) in [6.45, 7) is 10.5. The second-order valence-corrected chi connectivity index (χ2v) is 13.0. The maximum Gasteiger partial charge on any atom is 0.164 e. The van der Waals surface area contributed by atoms with E-state index < -0.39 is 0 Å². The van der Waals surface area contributed by atoms with Gasteiger partial charge in [-0.2, -0.15) is 0 Å². The Labute approximate surface area is 290 Å². The largest absolute Gasteiger partial charge is 0.456 e. The van der Waals surface area contributed by atoms with Crippen LogP contribution in [0.4, 0.5) is 0 Å². The number of hydrogen-bond acceptors (Lipinski definition) is 4. The third-order valence-corrected chi connectivity index (χ3v) is 9.82. The first-order valence-electron chi connectivity index (χ1n) is 17.0. The minimum absolute atomic E-state index is 0.575. The predicted molar refractivity (Wildman–Crippen MR) is 210 cm³/mol. The van der Waals surface area contributed by atoms with Gasteiger partial charge in [0.1, 0.15) is 11.2 Å². The van der Waals surface area contributed by atoms with Gasteiger partial charge in [-0.1, -0.05) is 129 Å². The number of aromatic nitrogens is 3. The number of allylic oxidation sites excluding steroid dienone is 4. The molecule has 1 atom stereocenters. The number of benzene rings is 6. The molecule has 0 aliphatic heterocycles. The molecule has 0 bridgehead atoms. The van der Waals surface area contributed by atoms with E-state index >= 15 is 0 Å². The van der Waals surface area contributed by atoms with Gasteiger partial charge in [-0.05, 0) is 86.5 Å². The zero-order valence-corrected chi connectivity index (χ0v) is 27.7. The Hall–Kier alpha value is -6.39. The molecular weight excluding hydrogens is 611 g/mol. The molecule has 0 saturated carbocycles. The van der Waals surface area contributed by atoms with Crippen LogP contribution in [0.3, 0.4) is 0 Å². The normalized spacial score (nSPS) is 14.4. The maximum atomic E-state index is 6.41. The smallest absolute Gasteiger partial charge is 0.164 e. The molecule has 0 saturated heterocycles. The molecule has 1 aliphatic carbocycles. The maximum absolute atomic E-state index is 6.41. The number of furan rings is 1. The van der Waals surface area contributed by atoms with Gasteiger partial charge in [-0.3, -0.25) is 0 Å². The molecule has 0 spiro atoms. The Morgan fingerprint density at radius 2 is 1.16 bits per heavy atom. The van der Waals surface area contributed by atoms with Gasteiger partial charge < -0.3 is 4.42 Å². The summed E-state index contributed by atoms with van der Waals surface area (Å²) in [6.07, 6.45) is 11.7. The lowest BCUT2D eigenvalue weighted by Crippen LogP contribution is -2.00. The summed E-state index contributed by atoms with van der Waals surface area (Å²) in [5.74, 6) is 2.38. The van der Waals surface area contributed by atoms with Crippen molar-refractivity contribution in [2.75, 3.05) is 0 Å². The monoisotopic (exact) mass is 643 g/mol. The number of nitrogens with zero attached hydrogens (tertiary/aromatic N) is 3. The molecule has 8 aromatic rings. The molecule has 4 nitrogen and oxygen atoms in total. The van der Waals surface area contributed by atoms with Crippen molar-refractivity contribution in [3.63, 3.8) is 0 Å². The average Bonchev–Trinajstić information content (AvgIpc) is 3.55. The third kappa shape index (κ3) is 4.96. The van der Waals surface area contributed by atoms with Crippen LogP contribution in [0.1, 0.15) is 30.0 Å². The van der Waals surface area contributed by atoms with Crippen LogP contribution in [0.2, 0.25) is 0 Å². The van der Waals surface area contributed by atoms with E-state index in [2.05, 4.69) is 111 Å². The van der Waals surface area contributed by atoms with Crippen molar-refractivity contribution >= 4 is 61.2 Å². The lowest BCUT2D eigenvalue weighted by atomic mass is 9.90. The molecule has 50 heavy (non-hydrogen) atoms. The summed E-state index contributed by atoms with van der Waals surface area (Å²) in [5, 5.41) is 6.66. The second kappa shape index (κ2) is 11.9. The summed E-state index contributed by atoms with van der Waals surface area (Å²) in [6, 6.07) is 37.6. The van der Waals surface area contributed by atoms with Crippen molar-refractivity contribution in [2.24, 2.45) is 5.92 Å². The lowest BCUT2D eigenvalue weighted by molar-refractivity contribution is 0.669. The molecule has 0 fully saturated rings. The van der Waals surface area contributed by atoms with E-state index in [0.717, 1.165) is 77.7 Å². The summed E-state index contributed by atoms with van der Waals surface area (Å²) >= 11 is 0. The number of fused-ring (bicyclic) bond motifs is 6. The van der Waals surface area contributed by atoms with Gasteiger partial charge in [0, 0.05) is 27.5 Å². The van der Waals surface area contributed by atoms with Gasteiger partial charge in [-0.15, -0.1) is 0 Å². The first-order valence-corrected chi connectivity index (χ1v) is 17.0. The van der Waals surface area contributed by atoms with Crippen LogP contribution in [0.25, 0.3) is 95.4 Å². The molecule has 6 aromatic carbocycles. The fraction of sp³-hybridized carbons (Fsp3) is 0.0652. The standard InChI is InChI=1S/C46H33N3O/c1-4-34-35(5-2)38-22-19-32(26-40(38)37-14-10-9-13-36(34)37)45-47-44(30-11-7-6-8-12-30)48-46(49-45)33-20-23-39-41-25-31(29-17-15-28(3)16-18-29)21-24-42(41)50-43(39)27-33/h4-15,17-28H,1-2,16H2,3H3. The Balaban J connectivity index is 1.20. The predicted octanol–water partition coefficient (Wildman–Crippen LogP) is 12.3. The van der Waals surface area contributed by atoms with Crippen molar-refractivity contribution in [3.05, 3.63) is 157 Å². The molecular formula is C46H33N3O. The third-order valence-electron chi connectivity index (χ3n) is 9.82. The van der Waals surface area contributed by atoms with Crippen LogP contribution < -0.4 is 0 Å². The molecule has 1 unspecified atom stereocenters. The first kappa shape index (κ1) is 29.7. The highest BCUT2D eigenvalue weighted by Gasteiger charge is 2.17. The minimum atomic E-state index is 0.575. The van der Waals surface area contributed by atoms with E-state index in [1.165, 1.54) is 11.1 Å². The highest BCUT2D eigenvalue weighted by Crippen LogP contribution is 2.38. The topological polar surface area (TPSA) is 51.8 Å². The SMILES string of the molecule is C=Cc1c(C=C)c2ccc(-c3nc(-c4ccccc4)nc(-c4ccc5c(c4)oc4ccc(C6=CCC(C)C=C6)cc45)n3)cc2c2ccccc12. The van der Waals surface area contributed by atoms with Crippen LogP contribution in [-0.4, -0.2) is 15.0 Å². The minimum Gasteiger partial charge on any atom is -0.456 e. The molecule has 4 heteroatoms. The number of rotatable bonds is 6. The van der Waals surface area contributed by atoms with Crippen molar-refractivity contribution < 1.29 is 4.42 Å². The Morgan fingerprint density at radius 1 is 0.560 bits per heavy atom. The van der Waals surface area contributed by atoms with Crippen LogP contribution in [0, 0.1) is 5.92 Å². The van der Waals surface area contributed by atoms with Gasteiger partial charge in [0.15, 0.2) is 17.5 Å². The molecule has 238 valence electrons. The van der Waals surface area contributed by atoms with E-state index in [-0.39, 0.29) is 0 Å². The summed E-state index contributed by atoms with van der Waals surface area (Å²) in [5.41, 5.74) is 8.95. The van der Waals surface area contributed by atoms with E-state index in [1.54, 1.807) is 0 Å². The Morgan fingerprint density at radius 3 is 1.86 bits per heavy atom. The van der Waals surface area contributed by atoms with Crippen LogP contribution in [0.15, 0.2) is 145 Å². The highest BCUT2D eigenvalue weighted by molar-refractivity contribution is 6.15. The fourth-order valence-electron chi connectivity index (χ4n) is 7.21. The highest BCUT2D eigenvalue weighted by atomic mass is 16.3. The molecule has 0 radical (unpaired) electrons. The van der Waals surface area contributed by atoms with Gasteiger partial charge in [0.05, 0.1) is 0 Å². The van der Waals surface area contributed by atoms with E-state index in [0.29, 0.717) is 23.4 Å². The van der Waals surface area contributed by atoms with Crippen LogP contribution in [0.5, 0.6) is 0 Å². The molecule has 0 N–H and O–H groups in total. The van der Waals surface area contributed by atoms with Crippen LogP contribution >= 0.6 is 0 Å². The van der Waals surface area contributed by atoms with Gasteiger partial charge in [0.25, 0.3) is 0 Å². The quantitative estimate of drug-likeness (QED) is 0.169. The van der Waals surface area contributed by atoms with Crippen molar-refractivity contribution in [2.45, 2.75) is 13.3 Å². The first-order chi connectivity index (χ1) is 24.6. The van der Waals surface area contributed by atoms with Crippen molar-refractivity contribution in [1.82, 2.24) is 15.0 Å². The van der Waals surface area contributed by atoms with Crippen molar-refractivity contribution in [1.29, 1.82) is 0 Å².